The molecule has 5 aromatic carbocycles. The Hall–Kier alpha value is -7.56. The number of para-hydroxylation sites is 1. The maximum absolute atomic E-state index is 5.18. The summed E-state index contributed by atoms with van der Waals surface area (Å²) < 4.78 is 0. The lowest BCUT2D eigenvalue weighted by Crippen LogP contribution is -2.15. The van der Waals surface area contributed by atoms with E-state index in [4.69, 9.17) is 19.9 Å². The second kappa shape index (κ2) is 16.8. The zero-order valence-corrected chi connectivity index (χ0v) is 35.1. The molecule has 0 saturated carbocycles. The largest absolute Gasteiger partial charge is 0.256 e. The Bertz CT molecular complexity index is 3070. The Morgan fingerprint density at radius 1 is 0.645 bits per heavy atom. The van der Waals surface area contributed by atoms with Crippen molar-refractivity contribution in [3.63, 3.8) is 0 Å². The monoisotopic (exact) mass is 798 g/mol. The summed E-state index contributed by atoms with van der Waals surface area (Å²) in [5, 5.41) is 1.12. The Labute approximate surface area is 364 Å². The first-order valence-corrected chi connectivity index (χ1v) is 21.5. The average molecular weight is 799 g/mol. The predicted octanol–water partition coefficient (Wildman–Crippen LogP) is 14.6. The molecule has 4 nitrogen and oxygen atoms in total. The maximum Gasteiger partial charge on any atom is 0.164 e. The summed E-state index contributed by atoms with van der Waals surface area (Å²) in [6.45, 7) is 8.51. The Balaban J connectivity index is 1.09. The fourth-order valence-electron chi connectivity index (χ4n) is 8.90. The number of aryl methyl sites for hydroxylation is 2. The standard InChI is InChI=1S/C58H46N4/c1-4-40(18-13-19-44-32-43-16-5-7-22-52(43)54-24-9-8-23-53(44)54)48-34-49(41-26-28-42(29-27-41)51-33-45-17-6-10-25-55(45)59-37-51)36-50(35-48)58-61-56(46-20-11-14-38(2)30-46)60-57(62-58)47-21-12-15-39(3)31-47/h4-7,9-22,24-31,33-37,43H,1,8,23,32H2,2-3H3/b19-13+,40-18+. The van der Waals surface area contributed by atoms with Gasteiger partial charge in [-0.25, -0.2) is 15.0 Å². The Morgan fingerprint density at radius 3 is 2.06 bits per heavy atom. The van der Waals surface area contributed by atoms with Gasteiger partial charge in [-0.15, -0.1) is 0 Å². The molecule has 0 bridgehead atoms. The van der Waals surface area contributed by atoms with Gasteiger partial charge in [-0.1, -0.05) is 157 Å². The summed E-state index contributed by atoms with van der Waals surface area (Å²) >= 11 is 0. The van der Waals surface area contributed by atoms with Crippen LogP contribution in [0.25, 0.3) is 72.9 Å². The topological polar surface area (TPSA) is 51.6 Å². The summed E-state index contributed by atoms with van der Waals surface area (Å²) in [5.74, 6) is 2.29. The molecule has 1 atom stereocenters. The van der Waals surface area contributed by atoms with Gasteiger partial charge < -0.3 is 0 Å². The van der Waals surface area contributed by atoms with Gasteiger partial charge in [-0.05, 0) is 126 Å². The number of hydrogen-bond donors (Lipinski definition) is 0. The van der Waals surface area contributed by atoms with Crippen molar-refractivity contribution in [3.8, 4) is 56.4 Å². The van der Waals surface area contributed by atoms with Gasteiger partial charge in [-0.3, -0.25) is 4.98 Å². The number of aromatic nitrogens is 4. The van der Waals surface area contributed by atoms with Crippen molar-refractivity contribution in [2.24, 2.45) is 5.92 Å². The average Bonchev–Trinajstić information content (AvgIpc) is 3.32. The normalized spacial score (nSPS) is 16.0. The molecule has 0 fully saturated rings. The lowest BCUT2D eigenvalue weighted by Gasteiger charge is -2.30. The third kappa shape index (κ3) is 7.91. The van der Waals surface area contributed by atoms with Crippen LogP contribution in [0.2, 0.25) is 0 Å². The molecule has 1 unspecified atom stereocenters. The fourth-order valence-corrected chi connectivity index (χ4v) is 8.90. The lowest BCUT2D eigenvalue weighted by atomic mass is 9.74. The zero-order chi connectivity index (χ0) is 42.0. The van der Waals surface area contributed by atoms with Crippen LogP contribution < -0.4 is 0 Å². The molecular formula is C58H46N4. The summed E-state index contributed by atoms with van der Waals surface area (Å²) in [6, 6.07) is 42.5. The molecule has 7 aromatic rings. The second-order valence-corrected chi connectivity index (χ2v) is 16.4. The molecule has 10 rings (SSSR count). The van der Waals surface area contributed by atoms with E-state index < -0.39 is 0 Å². The van der Waals surface area contributed by atoms with Crippen LogP contribution in [0.15, 0.2) is 217 Å². The third-order valence-corrected chi connectivity index (χ3v) is 12.1. The molecule has 4 heteroatoms. The van der Waals surface area contributed by atoms with Gasteiger partial charge in [0.2, 0.25) is 0 Å². The van der Waals surface area contributed by atoms with Crippen LogP contribution in [0.5, 0.6) is 0 Å². The van der Waals surface area contributed by atoms with Gasteiger partial charge in [0, 0.05) is 39.8 Å². The molecule has 62 heavy (non-hydrogen) atoms. The van der Waals surface area contributed by atoms with E-state index >= 15 is 0 Å². The Morgan fingerprint density at radius 2 is 1.34 bits per heavy atom. The first-order valence-electron chi connectivity index (χ1n) is 21.5. The van der Waals surface area contributed by atoms with Crippen molar-refractivity contribution in [2.45, 2.75) is 33.1 Å². The van der Waals surface area contributed by atoms with E-state index in [1.54, 1.807) is 0 Å². The van der Waals surface area contributed by atoms with E-state index in [1.807, 2.05) is 24.4 Å². The second-order valence-electron chi connectivity index (χ2n) is 16.4. The molecule has 0 saturated heterocycles. The van der Waals surface area contributed by atoms with Crippen LogP contribution in [-0.2, 0) is 0 Å². The van der Waals surface area contributed by atoms with Gasteiger partial charge in [0.25, 0.3) is 0 Å². The van der Waals surface area contributed by atoms with Crippen molar-refractivity contribution in [3.05, 3.63) is 234 Å². The van der Waals surface area contributed by atoms with Crippen molar-refractivity contribution in [2.75, 3.05) is 0 Å². The number of benzene rings is 5. The predicted molar refractivity (Wildman–Crippen MR) is 258 cm³/mol. The van der Waals surface area contributed by atoms with E-state index in [0.717, 1.165) is 91.4 Å². The van der Waals surface area contributed by atoms with Crippen LogP contribution in [0.3, 0.4) is 0 Å². The molecule has 3 aliphatic carbocycles. The molecule has 3 aliphatic rings. The number of fused-ring (bicyclic) bond motifs is 3. The number of rotatable bonds is 9. The smallest absolute Gasteiger partial charge is 0.164 e. The summed E-state index contributed by atoms with van der Waals surface area (Å²) in [6.07, 6.45) is 27.4. The van der Waals surface area contributed by atoms with Crippen LogP contribution in [0.4, 0.5) is 0 Å². The van der Waals surface area contributed by atoms with E-state index in [0.29, 0.717) is 23.4 Å². The van der Waals surface area contributed by atoms with Crippen LogP contribution in [0.1, 0.15) is 36.0 Å². The van der Waals surface area contributed by atoms with Crippen LogP contribution in [-0.4, -0.2) is 19.9 Å². The maximum atomic E-state index is 5.18. The summed E-state index contributed by atoms with van der Waals surface area (Å²) in [7, 11) is 0. The number of allylic oxidation sites excluding steroid dienone is 15. The van der Waals surface area contributed by atoms with Crippen molar-refractivity contribution in [1.82, 2.24) is 19.9 Å². The highest BCUT2D eigenvalue weighted by Crippen LogP contribution is 2.42. The molecular weight excluding hydrogens is 753 g/mol. The van der Waals surface area contributed by atoms with Crippen molar-refractivity contribution < 1.29 is 0 Å². The number of pyridine rings is 1. The molecule has 0 radical (unpaired) electrons. The SMILES string of the molecule is C=C/C(=C\C=C\C1=C2CCC=CC2=C2C=CC=CC2C1)c1cc(-c2ccc(-c3cnc4ccccc4c3)cc2)cc(-c2nc(-c3cccc(C)c3)nc(-c3cccc(C)c3)n2)c1. The van der Waals surface area contributed by atoms with E-state index in [2.05, 4.69) is 184 Å². The molecule has 0 N–H and O–H groups in total. The van der Waals surface area contributed by atoms with Gasteiger partial charge in [-0.2, -0.15) is 0 Å². The van der Waals surface area contributed by atoms with Crippen LogP contribution in [0, 0.1) is 19.8 Å². The van der Waals surface area contributed by atoms with Crippen molar-refractivity contribution in [1.29, 1.82) is 0 Å². The lowest BCUT2D eigenvalue weighted by molar-refractivity contribution is 0.725. The summed E-state index contributed by atoms with van der Waals surface area (Å²) in [4.78, 5) is 20.1. The van der Waals surface area contributed by atoms with Crippen LogP contribution >= 0.6 is 0 Å². The van der Waals surface area contributed by atoms with Gasteiger partial charge >= 0.3 is 0 Å². The molecule has 298 valence electrons. The van der Waals surface area contributed by atoms with Gasteiger partial charge in [0.1, 0.15) is 0 Å². The summed E-state index contributed by atoms with van der Waals surface area (Å²) in [5.41, 5.74) is 18.2. The Kier molecular flexibility index (Phi) is 10.5. The number of nitrogens with zero attached hydrogens (tertiary/aromatic N) is 4. The zero-order valence-electron chi connectivity index (χ0n) is 35.1. The third-order valence-electron chi connectivity index (χ3n) is 12.1. The minimum absolute atomic E-state index is 0.405. The highest BCUT2D eigenvalue weighted by Gasteiger charge is 2.26. The van der Waals surface area contributed by atoms with Gasteiger partial charge in [0.05, 0.1) is 5.52 Å². The first-order chi connectivity index (χ1) is 30.5. The van der Waals surface area contributed by atoms with E-state index in [-0.39, 0.29) is 0 Å². The van der Waals surface area contributed by atoms with E-state index in [1.165, 1.54) is 22.3 Å². The molecule has 0 amide bonds. The highest BCUT2D eigenvalue weighted by molar-refractivity contribution is 5.86. The van der Waals surface area contributed by atoms with Crippen molar-refractivity contribution >= 4 is 16.5 Å². The number of hydrogen-bond acceptors (Lipinski definition) is 4. The van der Waals surface area contributed by atoms with E-state index in [9.17, 15) is 0 Å². The quantitative estimate of drug-likeness (QED) is 0.137. The molecule has 0 aliphatic heterocycles. The fraction of sp³-hybridized carbons (Fsp3) is 0.103. The minimum atomic E-state index is 0.405. The highest BCUT2D eigenvalue weighted by atomic mass is 15.0. The van der Waals surface area contributed by atoms with Gasteiger partial charge in [0.15, 0.2) is 17.5 Å². The molecule has 0 spiro atoms. The minimum Gasteiger partial charge on any atom is -0.256 e. The molecule has 2 heterocycles. The first kappa shape index (κ1) is 38.6. The molecule has 2 aromatic heterocycles.